The fourth-order valence-corrected chi connectivity index (χ4v) is 3.07. The monoisotopic (exact) mass is 369 g/mol. The quantitative estimate of drug-likeness (QED) is 0.596. The molecule has 10 heteroatoms. The molecule has 25 heavy (non-hydrogen) atoms. The Morgan fingerprint density at radius 2 is 2.12 bits per heavy atom. The standard InChI is InChI=1S/C15H16ClN3O6/c1-15(14(22)23)6-3-7-18(15)11(20)8-17-13(21)12-9(16)4-2-5-10(12)19(24)25/h2,4-5H,3,6-8H2,1H3,(H,17,21)(H,22,23). The zero-order chi connectivity index (χ0) is 18.8. The summed E-state index contributed by atoms with van der Waals surface area (Å²) in [5.41, 5.74) is -2.14. The fourth-order valence-electron chi connectivity index (χ4n) is 2.81. The summed E-state index contributed by atoms with van der Waals surface area (Å²) in [5.74, 6) is -2.57. The van der Waals surface area contributed by atoms with Gasteiger partial charge in [-0.1, -0.05) is 17.7 Å². The number of nitrogens with one attached hydrogen (secondary N) is 1. The van der Waals surface area contributed by atoms with Crippen LogP contribution in [0.25, 0.3) is 0 Å². The van der Waals surface area contributed by atoms with Crippen LogP contribution in [-0.2, 0) is 9.59 Å². The number of likely N-dealkylation sites (tertiary alicyclic amines) is 1. The number of hydrogen-bond donors (Lipinski definition) is 2. The van der Waals surface area contributed by atoms with Gasteiger partial charge in [-0.15, -0.1) is 0 Å². The molecule has 0 aromatic heterocycles. The second-order valence-corrected chi connectivity index (χ2v) is 6.21. The van der Waals surface area contributed by atoms with E-state index in [-0.39, 0.29) is 17.1 Å². The van der Waals surface area contributed by atoms with E-state index >= 15 is 0 Å². The molecule has 1 aromatic carbocycles. The maximum absolute atomic E-state index is 12.3. The normalized spacial score (nSPS) is 19.5. The Bertz CT molecular complexity index is 753. The molecule has 1 unspecified atom stereocenters. The van der Waals surface area contributed by atoms with Gasteiger partial charge in [0.25, 0.3) is 11.6 Å². The molecular weight excluding hydrogens is 354 g/mol. The summed E-state index contributed by atoms with van der Waals surface area (Å²) < 4.78 is 0. The maximum atomic E-state index is 12.3. The Kier molecular flexibility index (Phi) is 5.27. The molecule has 1 fully saturated rings. The first kappa shape index (κ1) is 18.7. The van der Waals surface area contributed by atoms with E-state index in [1.807, 2.05) is 0 Å². The van der Waals surface area contributed by atoms with Crippen LogP contribution in [-0.4, -0.2) is 51.3 Å². The van der Waals surface area contributed by atoms with Crippen LogP contribution in [0.5, 0.6) is 0 Å². The van der Waals surface area contributed by atoms with Gasteiger partial charge in [-0.25, -0.2) is 4.79 Å². The minimum atomic E-state index is -1.32. The molecule has 1 aliphatic rings. The number of carboxylic acid groups (broad SMARTS) is 1. The average molecular weight is 370 g/mol. The van der Waals surface area contributed by atoms with Crippen molar-refractivity contribution in [2.45, 2.75) is 25.3 Å². The number of carbonyl (C=O) groups is 3. The summed E-state index contributed by atoms with van der Waals surface area (Å²) in [6.07, 6.45) is 0.858. The van der Waals surface area contributed by atoms with Crippen LogP contribution in [0.2, 0.25) is 5.02 Å². The summed E-state index contributed by atoms with van der Waals surface area (Å²) in [5, 5.41) is 22.5. The van der Waals surface area contributed by atoms with Gasteiger partial charge in [0.15, 0.2) is 0 Å². The number of nitrogens with zero attached hydrogens (tertiary/aromatic N) is 2. The molecule has 2 amide bonds. The van der Waals surface area contributed by atoms with E-state index in [0.717, 1.165) is 6.07 Å². The van der Waals surface area contributed by atoms with Gasteiger partial charge >= 0.3 is 5.97 Å². The zero-order valence-corrected chi connectivity index (χ0v) is 14.1. The number of carboxylic acids is 1. The van der Waals surface area contributed by atoms with Gasteiger partial charge < -0.3 is 15.3 Å². The molecule has 0 radical (unpaired) electrons. The second kappa shape index (κ2) is 7.06. The molecule has 1 aromatic rings. The first-order valence-electron chi connectivity index (χ1n) is 7.43. The van der Waals surface area contributed by atoms with Gasteiger partial charge in [0.2, 0.25) is 5.91 Å². The average Bonchev–Trinajstić information content (AvgIpc) is 2.95. The summed E-state index contributed by atoms with van der Waals surface area (Å²) in [7, 11) is 0. The smallest absolute Gasteiger partial charge is 0.329 e. The van der Waals surface area contributed by atoms with Crippen LogP contribution in [0.1, 0.15) is 30.1 Å². The van der Waals surface area contributed by atoms with Gasteiger partial charge in [-0.05, 0) is 25.8 Å². The Labute approximate surface area is 147 Å². The molecule has 134 valence electrons. The van der Waals surface area contributed by atoms with E-state index in [0.29, 0.717) is 12.8 Å². The molecular formula is C15H16ClN3O6. The summed E-state index contributed by atoms with van der Waals surface area (Å²) in [6, 6.07) is 3.79. The number of nitro benzene ring substituents is 1. The van der Waals surface area contributed by atoms with Crippen LogP contribution in [0.15, 0.2) is 18.2 Å². The fraction of sp³-hybridized carbons (Fsp3) is 0.400. The Hall–Kier alpha value is -2.68. The maximum Gasteiger partial charge on any atom is 0.329 e. The van der Waals surface area contributed by atoms with E-state index in [2.05, 4.69) is 5.32 Å². The van der Waals surface area contributed by atoms with Crippen LogP contribution >= 0.6 is 11.6 Å². The second-order valence-electron chi connectivity index (χ2n) is 5.80. The van der Waals surface area contributed by atoms with Crippen LogP contribution < -0.4 is 5.32 Å². The van der Waals surface area contributed by atoms with Crippen molar-refractivity contribution in [1.29, 1.82) is 0 Å². The van der Waals surface area contributed by atoms with Gasteiger partial charge in [-0.3, -0.25) is 19.7 Å². The number of benzene rings is 1. The lowest BCUT2D eigenvalue weighted by atomic mass is 9.99. The molecule has 9 nitrogen and oxygen atoms in total. The molecule has 0 spiro atoms. The number of nitro groups is 1. The van der Waals surface area contributed by atoms with E-state index in [4.69, 9.17) is 11.6 Å². The number of hydrogen-bond acceptors (Lipinski definition) is 5. The highest BCUT2D eigenvalue weighted by atomic mass is 35.5. The molecule has 1 saturated heterocycles. The Morgan fingerprint density at radius 3 is 2.72 bits per heavy atom. The lowest BCUT2D eigenvalue weighted by Gasteiger charge is -2.31. The molecule has 1 aliphatic heterocycles. The van der Waals surface area contributed by atoms with Crippen molar-refractivity contribution >= 4 is 35.1 Å². The highest BCUT2D eigenvalue weighted by molar-refractivity contribution is 6.34. The van der Waals surface area contributed by atoms with Gasteiger partial charge in [-0.2, -0.15) is 0 Å². The molecule has 1 heterocycles. The van der Waals surface area contributed by atoms with Crippen LogP contribution in [0, 0.1) is 10.1 Å². The van der Waals surface area contributed by atoms with E-state index in [9.17, 15) is 29.6 Å². The minimum Gasteiger partial charge on any atom is -0.480 e. The lowest BCUT2D eigenvalue weighted by molar-refractivity contribution is -0.385. The Balaban J connectivity index is 2.12. The summed E-state index contributed by atoms with van der Waals surface area (Å²) in [6.45, 7) is 1.23. The van der Waals surface area contributed by atoms with Crippen molar-refractivity contribution in [2.75, 3.05) is 13.1 Å². The first-order valence-corrected chi connectivity index (χ1v) is 7.81. The van der Waals surface area contributed by atoms with Crippen molar-refractivity contribution in [2.24, 2.45) is 0 Å². The van der Waals surface area contributed by atoms with Gasteiger partial charge in [0, 0.05) is 12.6 Å². The largest absolute Gasteiger partial charge is 0.480 e. The summed E-state index contributed by atoms with van der Waals surface area (Å²) in [4.78, 5) is 47.4. The first-order chi connectivity index (χ1) is 11.7. The van der Waals surface area contributed by atoms with Crippen molar-refractivity contribution in [1.82, 2.24) is 10.2 Å². The topological polar surface area (TPSA) is 130 Å². The number of carbonyl (C=O) groups excluding carboxylic acids is 2. The highest BCUT2D eigenvalue weighted by Crippen LogP contribution is 2.29. The van der Waals surface area contributed by atoms with E-state index < -0.39 is 40.5 Å². The number of halogens is 1. The van der Waals surface area contributed by atoms with Crippen molar-refractivity contribution in [3.8, 4) is 0 Å². The summed E-state index contributed by atoms with van der Waals surface area (Å²) >= 11 is 5.86. The van der Waals surface area contributed by atoms with E-state index in [1.54, 1.807) is 0 Å². The van der Waals surface area contributed by atoms with Crippen molar-refractivity contribution in [3.63, 3.8) is 0 Å². The van der Waals surface area contributed by atoms with E-state index in [1.165, 1.54) is 24.0 Å². The zero-order valence-electron chi connectivity index (χ0n) is 13.3. The third-order valence-electron chi connectivity index (χ3n) is 4.22. The third kappa shape index (κ3) is 3.55. The molecule has 1 atom stereocenters. The van der Waals surface area contributed by atoms with Gasteiger partial charge in [0.1, 0.15) is 11.1 Å². The molecule has 2 N–H and O–H groups in total. The number of amides is 2. The van der Waals surface area contributed by atoms with Crippen molar-refractivity contribution < 1.29 is 24.4 Å². The third-order valence-corrected chi connectivity index (χ3v) is 4.53. The molecule has 0 saturated carbocycles. The minimum absolute atomic E-state index is 0.115. The number of rotatable bonds is 5. The van der Waals surface area contributed by atoms with Gasteiger partial charge in [0.05, 0.1) is 16.5 Å². The Morgan fingerprint density at radius 1 is 1.44 bits per heavy atom. The van der Waals surface area contributed by atoms with Crippen LogP contribution in [0.3, 0.4) is 0 Å². The molecule has 0 bridgehead atoms. The molecule has 2 rings (SSSR count). The van der Waals surface area contributed by atoms with Crippen LogP contribution in [0.4, 0.5) is 5.69 Å². The molecule has 0 aliphatic carbocycles. The highest BCUT2D eigenvalue weighted by Gasteiger charge is 2.45. The van der Waals surface area contributed by atoms with Crippen molar-refractivity contribution in [3.05, 3.63) is 38.9 Å². The number of aliphatic carboxylic acids is 1. The SMILES string of the molecule is CC1(C(=O)O)CCCN1C(=O)CNC(=O)c1c(Cl)cccc1[N+](=O)[O-]. The predicted octanol–water partition coefficient (Wildman–Crippen LogP) is 1.44. The predicted molar refractivity (Wildman–Crippen MR) is 87.4 cm³/mol. The lowest BCUT2D eigenvalue weighted by Crippen LogP contribution is -2.53.